The number of unbranched alkanes of at least 4 members (excludes halogenated alkanes) is 5. The molecule has 3 aromatic rings. The second kappa shape index (κ2) is 14.7. The van der Waals surface area contributed by atoms with E-state index >= 15 is 0 Å². The SMILES string of the molecule is CCc1c(C(=O)O)cccc1-c1ccc(CCCCCCCCc2ccc(OC)cc2)c(C=CC(=O)O)n1. The number of methoxy groups -OCH3 is 1. The van der Waals surface area contributed by atoms with E-state index in [1.807, 2.05) is 37.3 Å². The number of carboxylic acid groups (broad SMARTS) is 2. The largest absolute Gasteiger partial charge is 0.497 e. The van der Waals surface area contributed by atoms with Gasteiger partial charge in [0.15, 0.2) is 0 Å². The molecule has 0 aliphatic heterocycles. The predicted molar refractivity (Wildman–Crippen MR) is 151 cm³/mol. The Morgan fingerprint density at radius 3 is 2.18 bits per heavy atom. The fraction of sp³-hybridized carbons (Fsp3) is 0.344. The lowest BCUT2D eigenvalue weighted by atomic mass is 9.95. The summed E-state index contributed by atoms with van der Waals surface area (Å²) in [5, 5.41) is 18.7. The van der Waals surface area contributed by atoms with Crippen LogP contribution in [0.25, 0.3) is 17.3 Å². The summed E-state index contributed by atoms with van der Waals surface area (Å²) in [7, 11) is 1.68. The van der Waals surface area contributed by atoms with E-state index in [-0.39, 0.29) is 5.56 Å². The van der Waals surface area contributed by atoms with Gasteiger partial charge in [0.2, 0.25) is 0 Å². The number of pyridine rings is 1. The van der Waals surface area contributed by atoms with Gasteiger partial charge in [-0.2, -0.15) is 0 Å². The molecule has 0 saturated heterocycles. The number of carbonyl (C=O) groups is 2. The first kappa shape index (κ1) is 28.6. The van der Waals surface area contributed by atoms with Crippen molar-refractivity contribution in [3.8, 4) is 17.0 Å². The molecule has 0 aliphatic rings. The Morgan fingerprint density at radius 2 is 1.55 bits per heavy atom. The third-order valence-electron chi connectivity index (χ3n) is 6.75. The van der Waals surface area contributed by atoms with E-state index in [1.54, 1.807) is 19.2 Å². The molecular formula is C32H37NO5. The number of aliphatic carboxylic acids is 1. The third kappa shape index (κ3) is 8.30. The van der Waals surface area contributed by atoms with Crippen LogP contribution in [-0.4, -0.2) is 34.2 Å². The number of carboxylic acids is 2. The number of nitrogens with zero attached hydrogens (tertiary/aromatic N) is 1. The lowest BCUT2D eigenvalue weighted by Crippen LogP contribution is -2.04. The number of hydrogen-bond acceptors (Lipinski definition) is 4. The van der Waals surface area contributed by atoms with Crippen molar-refractivity contribution in [1.29, 1.82) is 0 Å². The normalized spacial score (nSPS) is 11.1. The van der Waals surface area contributed by atoms with Crippen LogP contribution in [0.1, 0.15) is 78.2 Å². The van der Waals surface area contributed by atoms with Crippen LogP contribution in [0.15, 0.2) is 60.7 Å². The number of benzene rings is 2. The highest BCUT2D eigenvalue weighted by molar-refractivity contribution is 5.92. The van der Waals surface area contributed by atoms with Gasteiger partial charge < -0.3 is 14.9 Å². The van der Waals surface area contributed by atoms with Crippen LogP contribution in [0.5, 0.6) is 5.75 Å². The smallest absolute Gasteiger partial charge is 0.335 e. The van der Waals surface area contributed by atoms with Gasteiger partial charge in [-0.3, -0.25) is 0 Å². The zero-order chi connectivity index (χ0) is 27.3. The quantitative estimate of drug-likeness (QED) is 0.164. The van der Waals surface area contributed by atoms with Gasteiger partial charge >= 0.3 is 11.9 Å². The van der Waals surface area contributed by atoms with Gasteiger partial charge in [0, 0.05) is 11.6 Å². The number of rotatable bonds is 15. The van der Waals surface area contributed by atoms with Crippen molar-refractivity contribution in [3.63, 3.8) is 0 Å². The summed E-state index contributed by atoms with van der Waals surface area (Å²) >= 11 is 0. The summed E-state index contributed by atoms with van der Waals surface area (Å²) < 4.78 is 5.21. The number of aryl methyl sites for hydroxylation is 2. The van der Waals surface area contributed by atoms with E-state index in [4.69, 9.17) is 14.8 Å². The molecule has 3 rings (SSSR count). The minimum absolute atomic E-state index is 0.266. The summed E-state index contributed by atoms with van der Waals surface area (Å²) in [5.74, 6) is -1.11. The van der Waals surface area contributed by atoms with Crippen LogP contribution in [0.3, 0.4) is 0 Å². The molecule has 0 spiro atoms. The molecule has 0 aliphatic carbocycles. The molecule has 1 heterocycles. The van der Waals surface area contributed by atoms with Crippen molar-refractivity contribution in [3.05, 3.63) is 88.6 Å². The fourth-order valence-electron chi connectivity index (χ4n) is 4.71. The van der Waals surface area contributed by atoms with Crippen LogP contribution in [0.4, 0.5) is 0 Å². The maximum atomic E-state index is 11.7. The lowest BCUT2D eigenvalue weighted by molar-refractivity contribution is -0.131. The third-order valence-corrected chi connectivity index (χ3v) is 6.75. The molecule has 6 nitrogen and oxygen atoms in total. The minimum atomic E-state index is -1.03. The Morgan fingerprint density at radius 1 is 0.868 bits per heavy atom. The van der Waals surface area contributed by atoms with Crippen LogP contribution < -0.4 is 4.74 Å². The molecule has 38 heavy (non-hydrogen) atoms. The van der Waals surface area contributed by atoms with Crippen LogP contribution >= 0.6 is 0 Å². The van der Waals surface area contributed by atoms with E-state index in [0.29, 0.717) is 17.8 Å². The second-order valence-electron chi connectivity index (χ2n) is 9.37. The summed E-state index contributed by atoms with van der Waals surface area (Å²) in [5.41, 5.74) is 5.35. The summed E-state index contributed by atoms with van der Waals surface area (Å²) in [6, 6.07) is 17.4. The van der Waals surface area contributed by atoms with Crippen molar-refractivity contribution in [1.82, 2.24) is 4.98 Å². The Kier molecular flexibility index (Phi) is 11.1. The maximum absolute atomic E-state index is 11.7. The average Bonchev–Trinajstić information content (AvgIpc) is 2.93. The van der Waals surface area contributed by atoms with Crippen molar-refractivity contribution in [2.75, 3.05) is 7.11 Å². The molecule has 0 saturated carbocycles. The molecule has 0 radical (unpaired) electrons. The Bertz CT molecular complexity index is 1250. The van der Waals surface area contributed by atoms with Gasteiger partial charge in [0.25, 0.3) is 0 Å². The van der Waals surface area contributed by atoms with Crippen molar-refractivity contribution in [2.45, 2.75) is 64.7 Å². The molecular weight excluding hydrogens is 478 g/mol. The molecule has 6 heteroatoms. The van der Waals surface area contributed by atoms with Gasteiger partial charge in [-0.05, 0) is 79.1 Å². The molecule has 0 fully saturated rings. The van der Waals surface area contributed by atoms with Crippen molar-refractivity contribution >= 4 is 18.0 Å². The lowest BCUT2D eigenvalue weighted by Gasteiger charge is -2.13. The number of aromatic carboxylic acids is 1. The highest BCUT2D eigenvalue weighted by Gasteiger charge is 2.15. The number of aromatic nitrogens is 1. The first-order chi connectivity index (χ1) is 18.4. The first-order valence-electron chi connectivity index (χ1n) is 13.3. The van der Waals surface area contributed by atoms with E-state index in [0.717, 1.165) is 60.6 Å². The fourth-order valence-corrected chi connectivity index (χ4v) is 4.71. The summed E-state index contributed by atoms with van der Waals surface area (Å²) in [6.07, 6.45) is 11.9. The van der Waals surface area contributed by atoms with Gasteiger partial charge in [-0.15, -0.1) is 0 Å². The Balaban J connectivity index is 1.57. The van der Waals surface area contributed by atoms with Crippen LogP contribution in [0, 0.1) is 0 Å². The zero-order valence-corrected chi connectivity index (χ0v) is 22.3. The summed E-state index contributed by atoms with van der Waals surface area (Å²) in [6.45, 7) is 1.92. The van der Waals surface area contributed by atoms with E-state index in [9.17, 15) is 14.7 Å². The molecule has 1 aromatic heterocycles. The van der Waals surface area contributed by atoms with Crippen LogP contribution in [0.2, 0.25) is 0 Å². The minimum Gasteiger partial charge on any atom is -0.497 e. The maximum Gasteiger partial charge on any atom is 0.335 e. The molecule has 2 N–H and O–H groups in total. The number of ether oxygens (including phenoxy) is 1. The van der Waals surface area contributed by atoms with Gasteiger partial charge in [0.05, 0.1) is 24.1 Å². The highest BCUT2D eigenvalue weighted by Crippen LogP contribution is 2.28. The number of hydrogen-bond donors (Lipinski definition) is 2. The predicted octanol–water partition coefficient (Wildman–Crippen LogP) is 7.24. The summed E-state index contributed by atoms with van der Waals surface area (Å²) in [4.78, 5) is 27.6. The molecule has 2 aromatic carbocycles. The Hall–Kier alpha value is -3.93. The van der Waals surface area contributed by atoms with Crippen molar-refractivity contribution < 1.29 is 24.5 Å². The molecule has 200 valence electrons. The highest BCUT2D eigenvalue weighted by atomic mass is 16.5. The van der Waals surface area contributed by atoms with Gasteiger partial charge in [0.1, 0.15) is 5.75 Å². The average molecular weight is 516 g/mol. The van der Waals surface area contributed by atoms with E-state index in [1.165, 1.54) is 30.9 Å². The van der Waals surface area contributed by atoms with Gasteiger partial charge in [-0.1, -0.05) is 62.9 Å². The molecule has 0 atom stereocenters. The first-order valence-corrected chi connectivity index (χ1v) is 13.3. The molecule has 0 amide bonds. The van der Waals surface area contributed by atoms with E-state index in [2.05, 4.69) is 12.1 Å². The Labute approximate surface area is 225 Å². The molecule has 0 bridgehead atoms. The van der Waals surface area contributed by atoms with Crippen LogP contribution in [-0.2, 0) is 24.1 Å². The van der Waals surface area contributed by atoms with Crippen molar-refractivity contribution in [2.24, 2.45) is 0 Å². The second-order valence-corrected chi connectivity index (χ2v) is 9.37. The monoisotopic (exact) mass is 515 g/mol. The standard InChI is InChI=1S/C32H37NO5/c1-3-26-27(13-10-14-28(26)32(36)37)30-20-17-24(29(33-30)21-22-31(34)35)12-9-7-5-4-6-8-11-23-15-18-25(38-2)19-16-23/h10,13-22H,3-9,11-12H2,1-2H3,(H,34,35)(H,36,37). The van der Waals surface area contributed by atoms with Gasteiger partial charge in [-0.25, -0.2) is 14.6 Å². The molecule has 0 unspecified atom stereocenters. The zero-order valence-electron chi connectivity index (χ0n) is 22.3. The topological polar surface area (TPSA) is 96.7 Å². The van der Waals surface area contributed by atoms with E-state index < -0.39 is 11.9 Å².